The second kappa shape index (κ2) is 7.08. The van der Waals surface area contributed by atoms with E-state index < -0.39 is 0 Å². The van der Waals surface area contributed by atoms with Crippen molar-refractivity contribution in [1.82, 2.24) is 9.88 Å². The topological polar surface area (TPSA) is 62.4 Å². The third kappa shape index (κ3) is 2.98. The van der Waals surface area contributed by atoms with Gasteiger partial charge in [-0.2, -0.15) is 0 Å². The van der Waals surface area contributed by atoms with E-state index in [2.05, 4.69) is 11.1 Å². The van der Waals surface area contributed by atoms with Crippen LogP contribution < -0.4 is 0 Å². The molecule has 1 aromatic heterocycles. The molecule has 5 nitrogen and oxygen atoms in total. The highest BCUT2D eigenvalue weighted by molar-refractivity contribution is 6.27. The molecule has 6 heteroatoms. The Balaban J connectivity index is 1.84. The van der Waals surface area contributed by atoms with E-state index in [4.69, 9.17) is 16.3 Å². The maximum absolute atomic E-state index is 12.5. The Kier molecular flexibility index (Phi) is 4.62. The zero-order valence-corrected chi connectivity index (χ0v) is 15.6. The minimum atomic E-state index is -0.384. The molecule has 0 unspecified atom stereocenters. The Morgan fingerprint density at radius 2 is 1.93 bits per heavy atom. The first kappa shape index (κ1) is 17.6. The predicted molar refractivity (Wildman–Crippen MR) is 104 cm³/mol. The zero-order chi connectivity index (χ0) is 19.0. The van der Waals surface area contributed by atoms with Gasteiger partial charge in [-0.3, -0.25) is 4.79 Å². The largest absolute Gasteiger partial charge is 0.465 e. The van der Waals surface area contributed by atoms with Crippen LogP contribution >= 0.6 is 11.6 Å². The van der Waals surface area contributed by atoms with Crippen molar-refractivity contribution in [2.75, 3.05) is 19.5 Å². The molecule has 0 fully saturated rings. The predicted octanol–water partition coefficient (Wildman–Crippen LogP) is 3.67. The molecule has 0 spiro atoms. The van der Waals surface area contributed by atoms with E-state index >= 15 is 0 Å². The van der Waals surface area contributed by atoms with Crippen molar-refractivity contribution < 1.29 is 14.3 Å². The number of H-pyrrole nitrogens is 1. The molecule has 1 N–H and O–H groups in total. The number of para-hydroxylation sites is 1. The molecule has 1 amide bonds. The zero-order valence-electron chi connectivity index (χ0n) is 14.9. The number of amides is 1. The lowest BCUT2D eigenvalue weighted by atomic mass is 9.92. The lowest BCUT2D eigenvalue weighted by molar-refractivity contribution is -0.130. The third-order valence-corrected chi connectivity index (χ3v) is 5.35. The van der Waals surface area contributed by atoms with Gasteiger partial charge >= 0.3 is 5.97 Å². The average Bonchev–Trinajstić information content (AvgIpc) is 3.10. The highest BCUT2D eigenvalue weighted by atomic mass is 35.5. The Labute approximate surface area is 161 Å². The number of rotatable bonds is 3. The summed E-state index contributed by atoms with van der Waals surface area (Å²) in [5.74, 6) is -0.556. The summed E-state index contributed by atoms with van der Waals surface area (Å²) in [6, 6.07) is 15.1. The van der Waals surface area contributed by atoms with E-state index in [-0.39, 0.29) is 23.8 Å². The minimum Gasteiger partial charge on any atom is -0.465 e. The maximum Gasteiger partial charge on any atom is 0.337 e. The van der Waals surface area contributed by atoms with Crippen molar-refractivity contribution >= 4 is 34.4 Å². The van der Waals surface area contributed by atoms with E-state index in [0.29, 0.717) is 12.1 Å². The number of methoxy groups -OCH3 is 1. The van der Waals surface area contributed by atoms with Gasteiger partial charge in [0.15, 0.2) is 0 Å². The van der Waals surface area contributed by atoms with Crippen LogP contribution in [0.4, 0.5) is 0 Å². The van der Waals surface area contributed by atoms with Crippen LogP contribution in [0.1, 0.15) is 33.2 Å². The number of aromatic nitrogens is 1. The van der Waals surface area contributed by atoms with E-state index in [1.165, 1.54) is 18.1 Å². The molecule has 0 radical (unpaired) electrons. The summed E-state index contributed by atoms with van der Waals surface area (Å²) in [6.45, 7) is 0.601. The number of alkyl halides is 1. The molecule has 0 aliphatic carbocycles. The van der Waals surface area contributed by atoms with E-state index in [0.717, 1.165) is 23.2 Å². The fourth-order valence-corrected chi connectivity index (χ4v) is 4.01. The average molecular weight is 383 g/mol. The minimum absolute atomic E-state index is 0.0632. The van der Waals surface area contributed by atoms with Crippen LogP contribution in [-0.4, -0.2) is 41.3 Å². The quantitative estimate of drug-likeness (QED) is 0.555. The van der Waals surface area contributed by atoms with Crippen molar-refractivity contribution in [3.8, 4) is 0 Å². The number of ether oxygens (including phenoxy) is 1. The standard InChI is InChI=1S/C21H19ClN2O3/c1-27-21(26)14-8-6-13(7-9-14)20-19-16(10-11-24(20)18(25)12-22)15-4-2-3-5-17(15)23-19/h2-9,20,23H,10-12H2,1H3/t20-/m1/s1. The fourth-order valence-electron chi connectivity index (χ4n) is 3.85. The highest BCUT2D eigenvalue weighted by Gasteiger charge is 2.34. The second-order valence-corrected chi connectivity index (χ2v) is 6.82. The van der Waals surface area contributed by atoms with Gasteiger partial charge in [-0.25, -0.2) is 4.79 Å². The third-order valence-electron chi connectivity index (χ3n) is 5.12. The van der Waals surface area contributed by atoms with Crippen LogP contribution in [0.3, 0.4) is 0 Å². The van der Waals surface area contributed by atoms with Crippen LogP contribution in [0.2, 0.25) is 0 Å². The van der Waals surface area contributed by atoms with E-state index in [1.54, 1.807) is 17.0 Å². The molecular weight excluding hydrogens is 364 g/mol. The van der Waals surface area contributed by atoms with E-state index in [9.17, 15) is 9.59 Å². The Morgan fingerprint density at radius 3 is 2.63 bits per heavy atom. The summed E-state index contributed by atoms with van der Waals surface area (Å²) in [6.07, 6.45) is 0.777. The number of nitrogens with one attached hydrogen (secondary N) is 1. The monoisotopic (exact) mass is 382 g/mol. The second-order valence-electron chi connectivity index (χ2n) is 6.55. The molecule has 0 bridgehead atoms. The number of esters is 1. The fraction of sp³-hybridized carbons (Fsp3) is 0.238. The summed E-state index contributed by atoms with van der Waals surface area (Å²) in [5, 5.41) is 1.18. The van der Waals surface area contributed by atoms with Crippen molar-refractivity contribution in [2.24, 2.45) is 0 Å². The summed E-state index contributed by atoms with van der Waals surface area (Å²) in [5.41, 5.74) is 4.69. The van der Waals surface area contributed by atoms with Crippen molar-refractivity contribution in [3.63, 3.8) is 0 Å². The van der Waals surface area contributed by atoms with Gasteiger partial charge in [-0.15, -0.1) is 11.6 Å². The highest BCUT2D eigenvalue weighted by Crippen LogP contribution is 2.38. The maximum atomic E-state index is 12.5. The van der Waals surface area contributed by atoms with Crippen LogP contribution in [-0.2, 0) is 16.0 Å². The normalized spacial score (nSPS) is 16.2. The SMILES string of the molecule is COC(=O)c1ccc([C@@H]2c3[nH]c4ccccc4c3CCN2C(=O)CCl)cc1. The van der Waals surface area contributed by atoms with Gasteiger partial charge in [-0.1, -0.05) is 30.3 Å². The summed E-state index contributed by atoms with van der Waals surface area (Å²) >= 11 is 5.87. The molecule has 1 aliphatic rings. The Bertz CT molecular complexity index is 1010. The molecular formula is C21H19ClN2O3. The number of fused-ring (bicyclic) bond motifs is 3. The van der Waals surface area contributed by atoms with Gasteiger partial charge in [0, 0.05) is 23.1 Å². The first-order valence-electron chi connectivity index (χ1n) is 8.77. The molecule has 4 rings (SSSR count). The number of carbonyl (C=O) groups excluding carboxylic acids is 2. The number of aromatic amines is 1. The van der Waals surface area contributed by atoms with Crippen LogP contribution in [0.25, 0.3) is 10.9 Å². The molecule has 1 aliphatic heterocycles. The molecule has 2 heterocycles. The first-order chi connectivity index (χ1) is 13.1. The van der Waals surface area contributed by atoms with Crippen LogP contribution in [0.15, 0.2) is 48.5 Å². The molecule has 0 saturated heterocycles. The van der Waals surface area contributed by atoms with Crippen LogP contribution in [0, 0.1) is 0 Å². The summed E-state index contributed by atoms with van der Waals surface area (Å²) in [7, 11) is 1.36. The smallest absolute Gasteiger partial charge is 0.337 e. The number of halogens is 1. The number of nitrogens with zero attached hydrogens (tertiary/aromatic N) is 1. The number of hydrogen-bond donors (Lipinski definition) is 1. The van der Waals surface area contributed by atoms with Gasteiger partial charge in [0.25, 0.3) is 0 Å². The molecule has 0 saturated carbocycles. The Hall–Kier alpha value is -2.79. The number of benzene rings is 2. The summed E-state index contributed by atoms with van der Waals surface area (Å²) < 4.78 is 4.77. The van der Waals surface area contributed by atoms with Gasteiger partial charge in [0.1, 0.15) is 5.88 Å². The molecule has 27 heavy (non-hydrogen) atoms. The van der Waals surface area contributed by atoms with Gasteiger partial charge in [-0.05, 0) is 35.7 Å². The lowest BCUT2D eigenvalue weighted by Crippen LogP contribution is -2.41. The molecule has 2 aromatic carbocycles. The van der Waals surface area contributed by atoms with Crippen molar-refractivity contribution in [2.45, 2.75) is 12.5 Å². The summed E-state index contributed by atoms with van der Waals surface area (Å²) in [4.78, 5) is 29.5. The van der Waals surface area contributed by atoms with Gasteiger partial charge in [0.05, 0.1) is 18.7 Å². The number of hydrogen-bond acceptors (Lipinski definition) is 3. The van der Waals surface area contributed by atoms with Crippen LogP contribution in [0.5, 0.6) is 0 Å². The van der Waals surface area contributed by atoms with E-state index in [1.807, 2.05) is 30.3 Å². The number of carbonyl (C=O) groups is 2. The molecule has 138 valence electrons. The molecule has 1 atom stereocenters. The first-order valence-corrected chi connectivity index (χ1v) is 9.30. The Morgan fingerprint density at radius 1 is 1.19 bits per heavy atom. The molecule has 3 aromatic rings. The van der Waals surface area contributed by atoms with Crippen molar-refractivity contribution in [3.05, 3.63) is 70.9 Å². The van der Waals surface area contributed by atoms with Crippen molar-refractivity contribution in [1.29, 1.82) is 0 Å². The lowest BCUT2D eigenvalue weighted by Gasteiger charge is -2.36. The van der Waals surface area contributed by atoms with Gasteiger partial charge in [0.2, 0.25) is 5.91 Å². The van der Waals surface area contributed by atoms with Gasteiger partial charge < -0.3 is 14.6 Å².